The summed E-state index contributed by atoms with van der Waals surface area (Å²) in [6.45, 7) is 7.17. The van der Waals surface area contributed by atoms with Crippen LogP contribution in [0.25, 0.3) is 6.08 Å². The van der Waals surface area contributed by atoms with Crippen LogP contribution in [0.4, 0.5) is 5.69 Å². The minimum absolute atomic E-state index is 0.0417. The van der Waals surface area contributed by atoms with Crippen molar-refractivity contribution in [1.82, 2.24) is 0 Å². The van der Waals surface area contributed by atoms with Crippen molar-refractivity contribution in [3.63, 3.8) is 0 Å². The third-order valence-corrected chi connectivity index (χ3v) is 8.35. The number of anilines is 1. The molecule has 32 heavy (non-hydrogen) atoms. The predicted molar refractivity (Wildman–Crippen MR) is 128 cm³/mol. The van der Waals surface area contributed by atoms with Crippen molar-refractivity contribution in [1.29, 1.82) is 0 Å². The number of hydrogen-bond donors (Lipinski definition) is 0. The van der Waals surface area contributed by atoms with Gasteiger partial charge in [-0.05, 0) is 37.6 Å². The van der Waals surface area contributed by atoms with E-state index in [0.29, 0.717) is 6.54 Å². The molecular formula is C29H27NO2. The number of amides is 1. The number of allylic oxidation sites excluding steroid dienone is 1. The Hall–Kier alpha value is -3.33. The van der Waals surface area contributed by atoms with E-state index in [1.807, 2.05) is 47.4 Å². The summed E-state index contributed by atoms with van der Waals surface area (Å²) < 4.78 is 6.79. The first-order chi connectivity index (χ1) is 15.4. The molecule has 1 saturated heterocycles. The number of nitrogens with zero attached hydrogens (tertiary/aromatic N) is 1. The van der Waals surface area contributed by atoms with Gasteiger partial charge in [0.05, 0.1) is 12.0 Å². The molecule has 0 bridgehead atoms. The van der Waals surface area contributed by atoms with E-state index in [0.717, 1.165) is 17.0 Å². The molecule has 0 unspecified atom stereocenters. The lowest BCUT2D eigenvalue weighted by molar-refractivity contribution is -0.196. The maximum absolute atomic E-state index is 14.1. The van der Waals surface area contributed by atoms with Gasteiger partial charge >= 0.3 is 0 Å². The van der Waals surface area contributed by atoms with E-state index in [-0.39, 0.29) is 17.2 Å². The fourth-order valence-corrected chi connectivity index (χ4v) is 7.12. The van der Waals surface area contributed by atoms with Crippen LogP contribution in [0.15, 0.2) is 90.5 Å². The zero-order valence-electron chi connectivity index (χ0n) is 18.7. The lowest BCUT2D eigenvalue weighted by Crippen LogP contribution is -2.78. The van der Waals surface area contributed by atoms with Crippen LogP contribution in [0.5, 0.6) is 5.75 Å². The van der Waals surface area contributed by atoms with Gasteiger partial charge in [0.15, 0.2) is 5.60 Å². The Labute approximate surface area is 189 Å². The average Bonchev–Trinajstić information content (AvgIpc) is 3.15. The highest BCUT2D eigenvalue weighted by Crippen LogP contribution is 2.77. The number of para-hydroxylation sites is 2. The van der Waals surface area contributed by atoms with Crippen molar-refractivity contribution in [3.8, 4) is 5.75 Å². The van der Waals surface area contributed by atoms with Crippen LogP contribution in [0, 0.1) is 11.3 Å². The summed E-state index contributed by atoms with van der Waals surface area (Å²) in [6, 6.07) is 28.7. The van der Waals surface area contributed by atoms with Gasteiger partial charge in [-0.15, -0.1) is 0 Å². The maximum Gasteiger partial charge on any atom is 0.237 e. The summed E-state index contributed by atoms with van der Waals surface area (Å²) in [5.74, 6) is 1.11. The van der Waals surface area contributed by atoms with E-state index >= 15 is 0 Å². The fourth-order valence-electron chi connectivity index (χ4n) is 7.12. The maximum atomic E-state index is 14.1. The van der Waals surface area contributed by atoms with E-state index in [4.69, 9.17) is 4.74 Å². The fraction of sp³-hybridized carbons (Fsp3) is 0.276. The molecule has 2 heterocycles. The zero-order chi connectivity index (χ0) is 22.1. The molecule has 3 aromatic rings. The van der Waals surface area contributed by atoms with Gasteiger partial charge in [-0.2, -0.15) is 0 Å². The molecule has 0 aromatic heterocycles. The highest BCUT2D eigenvalue weighted by Gasteiger charge is 2.87. The summed E-state index contributed by atoms with van der Waals surface area (Å²) in [6.07, 6.45) is 2.24. The van der Waals surface area contributed by atoms with Crippen molar-refractivity contribution < 1.29 is 9.53 Å². The topological polar surface area (TPSA) is 29.5 Å². The third-order valence-electron chi connectivity index (χ3n) is 8.35. The summed E-state index contributed by atoms with van der Waals surface area (Å²) >= 11 is 0. The van der Waals surface area contributed by atoms with Gasteiger partial charge < -0.3 is 9.64 Å². The smallest absolute Gasteiger partial charge is 0.237 e. The standard InChI is InChI=1S/C29H27NO2/c1-20(18-21-12-6-4-7-13-21)25-27(2)23-16-10-11-17-24(23)32-29(27)19-30(26(31)28(25,29)3)22-14-8-5-9-15-22/h4-18,25H,19H2,1-3H3/b20-18+/t25-,27+,28-,29+/m0/s1. The van der Waals surface area contributed by atoms with Gasteiger partial charge in [0, 0.05) is 22.6 Å². The molecule has 1 aliphatic carbocycles. The van der Waals surface area contributed by atoms with Crippen LogP contribution in [-0.4, -0.2) is 18.1 Å². The first-order valence-corrected chi connectivity index (χ1v) is 11.3. The number of benzene rings is 3. The van der Waals surface area contributed by atoms with E-state index < -0.39 is 11.0 Å². The van der Waals surface area contributed by atoms with Crippen LogP contribution >= 0.6 is 0 Å². The van der Waals surface area contributed by atoms with E-state index in [2.05, 4.69) is 69.3 Å². The summed E-state index contributed by atoms with van der Waals surface area (Å²) in [4.78, 5) is 16.1. The Morgan fingerprint density at radius 1 is 0.906 bits per heavy atom. The Bertz CT molecular complexity index is 1250. The van der Waals surface area contributed by atoms with Crippen molar-refractivity contribution in [3.05, 3.63) is 102 Å². The van der Waals surface area contributed by atoms with Gasteiger partial charge in [-0.1, -0.05) is 85.3 Å². The van der Waals surface area contributed by atoms with Crippen LogP contribution in [0.2, 0.25) is 0 Å². The minimum atomic E-state index is -0.647. The monoisotopic (exact) mass is 421 g/mol. The molecule has 1 spiro atoms. The number of carbonyl (C=O) groups is 1. The molecule has 2 aliphatic heterocycles. The molecule has 3 aromatic carbocycles. The number of fused-ring (bicyclic) bond motifs is 2. The minimum Gasteiger partial charge on any atom is -0.483 e. The van der Waals surface area contributed by atoms with Gasteiger partial charge in [-0.25, -0.2) is 0 Å². The molecule has 1 saturated carbocycles. The second kappa shape index (κ2) is 6.35. The van der Waals surface area contributed by atoms with E-state index in [1.165, 1.54) is 11.1 Å². The van der Waals surface area contributed by atoms with Gasteiger partial charge in [-0.3, -0.25) is 4.79 Å². The molecular weight excluding hydrogens is 394 g/mol. The summed E-state index contributed by atoms with van der Waals surface area (Å²) in [7, 11) is 0. The molecule has 4 atom stereocenters. The molecule has 0 radical (unpaired) electrons. The first-order valence-electron chi connectivity index (χ1n) is 11.3. The second-order valence-corrected chi connectivity index (χ2v) is 9.79. The van der Waals surface area contributed by atoms with Crippen molar-refractivity contribution in [2.24, 2.45) is 11.3 Å². The first kappa shape index (κ1) is 19.4. The second-order valence-electron chi connectivity index (χ2n) is 9.79. The molecule has 1 amide bonds. The van der Waals surface area contributed by atoms with Crippen molar-refractivity contribution in [2.45, 2.75) is 31.8 Å². The number of hydrogen-bond acceptors (Lipinski definition) is 2. The van der Waals surface area contributed by atoms with Crippen LogP contribution < -0.4 is 9.64 Å². The molecule has 2 fully saturated rings. The van der Waals surface area contributed by atoms with Crippen LogP contribution in [-0.2, 0) is 10.2 Å². The number of rotatable bonds is 3. The largest absolute Gasteiger partial charge is 0.483 e. The average molecular weight is 422 g/mol. The van der Waals surface area contributed by atoms with Gasteiger partial charge in [0.2, 0.25) is 5.91 Å². The van der Waals surface area contributed by atoms with E-state index in [9.17, 15) is 4.79 Å². The van der Waals surface area contributed by atoms with Gasteiger partial charge in [0.25, 0.3) is 0 Å². The molecule has 3 aliphatic rings. The molecule has 3 nitrogen and oxygen atoms in total. The summed E-state index contributed by atoms with van der Waals surface area (Å²) in [5.41, 5.74) is 3.01. The summed E-state index contributed by atoms with van der Waals surface area (Å²) in [5, 5.41) is 0. The quantitative estimate of drug-likeness (QED) is 0.530. The molecule has 0 N–H and O–H groups in total. The zero-order valence-corrected chi connectivity index (χ0v) is 18.7. The van der Waals surface area contributed by atoms with Crippen LogP contribution in [0.3, 0.4) is 0 Å². The highest BCUT2D eigenvalue weighted by molar-refractivity contribution is 6.05. The highest BCUT2D eigenvalue weighted by atomic mass is 16.5. The Morgan fingerprint density at radius 3 is 2.25 bits per heavy atom. The van der Waals surface area contributed by atoms with Crippen molar-refractivity contribution in [2.75, 3.05) is 11.4 Å². The van der Waals surface area contributed by atoms with E-state index in [1.54, 1.807) is 0 Å². The number of ether oxygens (including phenoxy) is 1. The Balaban J connectivity index is 1.54. The lowest BCUT2D eigenvalue weighted by atomic mass is 9.36. The predicted octanol–water partition coefficient (Wildman–Crippen LogP) is 5.86. The van der Waals surface area contributed by atoms with Crippen LogP contribution in [0.1, 0.15) is 31.9 Å². The lowest BCUT2D eigenvalue weighted by Gasteiger charge is -2.65. The molecule has 6 rings (SSSR count). The molecule has 160 valence electrons. The SMILES string of the molecule is C/C(=C\c1ccccc1)[C@@H]1[C@@]2(C)C(=O)N(c3ccccc3)C[C@]23Oc2ccccc2[C@]13C. The Morgan fingerprint density at radius 2 is 1.53 bits per heavy atom. The third kappa shape index (κ3) is 2.09. The van der Waals surface area contributed by atoms with Gasteiger partial charge in [0.1, 0.15) is 5.75 Å². The Kier molecular flexibility index (Phi) is 3.84. The molecule has 3 heteroatoms. The van der Waals surface area contributed by atoms with Crippen molar-refractivity contribution >= 4 is 17.7 Å². The normalized spacial score (nSPS) is 32.6. The number of carbonyl (C=O) groups excluding carboxylic acids is 1.